The first-order valence-electron chi connectivity index (χ1n) is 7.52. The zero-order valence-corrected chi connectivity index (χ0v) is 14.9. The molecule has 0 aliphatic carbocycles. The van der Waals surface area contributed by atoms with Gasteiger partial charge in [-0.1, -0.05) is 12.1 Å². The van der Waals surface area contributed by atoms with Crippen molar-refractivity contribution in [1.82, 2.24) is 14.1 Å². The van der Waals surface area contributed by atoms with Crippen LogP contribution < -0.4 is 0 Å². The number of rotatable bonds is 5. The predicted octanol–water partition coefficient (Wildman–Crippen LogP) is 0.821. The van der Waals surface area contributed by atoms with Crippen LogP contribution in [0.25, 0.3) is 5.69 Å². The van der Waals surface area contributed by atoms with E-state index in [1.165, 1.54) is 11.4 Å². The van der Waals surface area contributed by atoms with Gasteiger partial charge in [-0.05, 0) is 30.2 Å². The van der Waals surface area contributed by atoms with Gasteiger partial charge in [0.15, 0.2) is 9.84 Å². The lowest BCUT2D eigenvalue weighted by Crippen LogP contribution is -2.36. The summed E-state index contributed by atoms with van der Waals surface area (Å²) < 4.78 is 51.2. The van der Waals surface area contributed by atoms with Gasteiger partial charge in [0, 0.05) is 26.0 Å². The maximum atomic E-state index is 12.6. The standard InChI is InChI=1S/C15H19N3O4S2/c1-17(24(21,22)15-6-9-23(19,20)12-15)11-13-4-2-5-14(10-13)18-8-3-7-16-18/h2-5,7-8,10,15H,6,9,11-12H2,1H3. The van der Waals surface area contributed by atoms with Crippen molar-refractivity contribution < 1.29 is 16.8 Å². The fraction of sp³-hybridized carbons (Fsp3) is 0.400. The fourth-order valence-electron chi connectivity index (χ4n) is 2.82. The summed E-state index contributed by atoms with van der Waals surface area (Å²) in [4.78, 5) is 0. The SMILES string of the molecule is CN(Cc1cccc(-n2cccn2)c1)S(=O)(=O)C1CCS(=O)(=O)C1. The Bertz CT molecular complexity index is 921. The molecule has 3 rings (SSSR count). The number of hydrogen-bond acceptors (Lipinski definition) is 5. The molecule has 0 saturated carbocycles. The molecule has 0 amide bonds. The van der Waals surface area contributed by atoms with Crippen LogP contribution in [-0.4, -0.2) is 54.7 Å². The summed E-state index contributed by atoms with van der Waals surface area (Å²) in [5.41, 5.74) is 1.65. The first kappa shape index (κ1) is 17.1. The maximum absolute atomic E-state index is 12.6. The minimum absolute atomic E-state index is 0.0560. The molecule has 9 heteroatoms. The Labute approximate surface area is 141 Å². The number of sulfonamides is 1. The van der Waals surface area contributed by atoms with Crippen LogP contribution >= 0.6 is 0 Å². The van der Waals surface area contributed by atoms with E-state index in [0.29, 0.717) is 0 Å². The van der Waals surface area contributed by atoms with E-state index in [1.54, 1.807) is 10.9 Å². The van der Waals surface area contributed by atoms with Gasteiger partial charge in [-0.2, -0.15) is 5.10 Å². The summed E-state index contributed by atoms with van der Waals surface area (Å²) in [5.74, 6) is -0.341. The normalized spacial score (nSPS) is 20.5. The predicted molar refractivity (Wildman–Crippen MR) is 91.0 cm³/mol. The van der Waals surface area contributed by atoms with Crippen molar-refractivity contribution in [3.63, 3.8) is 0 Å². The van der Waals surface area contributed by atoms with Crippen molar-refractivity contribution >= 4 is 19.9 Å². The summed E-state index contributed by atoms with van der Waals surface area (Å²) in [6.45, 7) is 0.188. The molecule has 1 unspecified atom stereocenters. The molecule has 1 aliphatic heterocycles. The van der Waals surface area contributed by atoms with Crippen LogP contribution in [0.3, 0.4) is 0 Å². The van der Waals surface area contributed by atoms with E-state index in [4.69, 9.17) is 0 Å². The average molecular weight is 369 g/mol. The van der Waals surface area contributed by atoms with Crippen molar-refractivity contribution in [2.24, 2.45) is 0 Å². The van der Waals surface area contributed by atoms with Gasteiger partial charge < -0.3 is 0 Å². The summed E-state index contributed by atoms with van der Waals surface area (Å²) in [6.07, 6.45) is 3.65. The molecule has 2 aromatic rings. The summed E-state index contributed by atoms with van der Waals surface area (Å²) in [7, 11) is -5.39. The molecule has 1 atom stereocenters. The van der Waals surface area contributed by atoms with Gasteiger partial charge in [0.05, 0.1) is 22.4 Å². The van der Waals surface area contributed by atoms with E-state index < -0.39 is 25.1 Å². The molecule has 0 radical (unpaired) electrons. The monoisotopic (exact) mass is 369 g/mol. The molecule has 130 valence electrons. The van der Waals surface area contributed by atoms with Crippen molar-refractivity contribution in [3.05, 3.63) is 48.3 Å². The topological polar surface area (TPSA) is 89.3 Å². The van der Waals surface area contributed by atoms with Crippen molar-refractivity contribution in [1.29, 1.82) is 0 Å². The van der Waals surface area contributed by atoms with Gasteiger partial charge in [-0.25, -0.2) is 25.8 Å². The van der Waals surface area contributed by atoms with Gasteiger partial charge in [0.1, 0.15) is 0 Å². The lowest BCUT2D eigenvalue weighted by atomic mass is 10.2. The molecule has 1 aromatic heterocycles. The van der Waals surface area contributed by atoms with E-state index >= 15 is 0 Å². The van der Waals surface area contributed by atoms with E-state index in [-0.39, 0.29) is 24.5 Å². The van der Waals surface area contributed by atoms with Crippen LogP contribution in [0, 0.1) is 0 Å². The van der Waals surface area contributed by atoms with Crippen LogP contribution in [0.1, 0.15) is 12.0 Å². The molecule has 1 saturated heterocycles. The summed E-state index contributed by atoms with van der Waals surface area (Å²) in [6, 6.07) is 9.24. The van der Waals surface area contributed by atoms with Gasteiger partial charge in [0.25, 0.3) is 0 Å². The Hall–Kier alpha value is -1.71. The van der Waals surface area contributed by atoms with E-state index in [9.17, 15) is 16.8 Å². The van der Waals surface area contributed by atoms with E-state index in [1.807, 2.05) is 36.5 Å². The van der Waals surface area contributed by atoms with Crippen LogP contribution in [0.15, 0.2) is 42.7 Å². The quantitative estimate of drug-likeness (QED) is 0.778. The highest BCUT2D eigenvalue weighted by atomic mass is 32.2. The molecule has 7 nitrogen and oxygen atoms in total. The second kappa shape index (κ2) is 6.30. The molecular weight excluding hydrogens is 350 g/mol. The Morgan fingerprint density at radius 3 is 2.75 bits per heavy atom. The molecule has 2 heterocycles. The van der Waals surface area contributed by atoms with Crippen molar-refractivity contribution in [3.8, 4) is 5.69 Å². The van der Waals surface area contributed by atoms with Crippen LogP contribution in [0.2, 0.25) is 0 Å². The van der Waals surface area contributed by atoms with Crippen LogP contribution in [-0.2, 0) is 26.4 Å². The van der Waals surface area contributed by atoms with Crippen LogP contribution in [0.5, 0.6) is 0 Å². The molecule has 0 N–H and O–H groups in total. The van der Waals surface area contributed by atoms with E-state index in [0.717, 1.165) is 11.3 Å². The molecule has 0 spiro atoms. The molecule has 1 aliphatic rings. The smallest absolute Gasteiger partial charge is 0.218 e. The number of benzene rings is 1. The maximum Gasteiger partial charge on any atom is 0.218 e. The Balaban J connectivity index is 1.77. The number of sulfone groups is 1. The third-order valence-corrected chi connectivity index (χ3v) is 8.35. The summed E-state index contributed by atoms with van der Waals surface area (Å²) in [5, 5.41) is 3.31. The highest BCUT2D eigenvalue weighted by Gasteiger charge is 2.39. The first-order valence-corrected chi connectivity index (χ1v) is 10.8. The Morgan fingerprint density at radius 1 is 1.33 bits per heavy atom. The van der Waals surface area contributed by atoms with E-state index in [2.05, 4.69) is 5.10 Å². The molecule has 1 aromatic carbocycles. The summed E-state index contributed by atoms with van der Waals surface area (Å²) >= 11 is 0. The molecular formula is C15H19N3O4S2. The van der Waals surface area contributed by atoms with Gasteiger partial charge in [-0.15, -0.1) is 0 Å². The second-order valence-corrected chi connectivity index (χ2v) is 10.5. The highest BCUT2D eigenvalue weighted by molar-refractivity contribution is 7.95. The lowest BCUT2D eigenvalue weighted by molar-refractivity contribution is 0.457. The highest BCUT2D eigenvalue weighted by Crippen LogP contribution is 2.23. The van der Waals surface area contributed by atoms with Gasteiger partial charge in [-0.3, -0.25) is 0 Å². The average Bonchev–Trinajstić information content (AvgIpc) is 3.17. The second-order valence-electron chi connectivity index (χ2n) is 5.95. The molecule has 1 fully saturated rings. The lowest BCUT2D eigenvalue weighted by Gasteiger charge is -2.21. The zero-order valence-electron chi connectivity index (χ0n) is 13.2. The minimum atomic E-state index is -3.64. The third-order valence-electron chi connectivity index (χ3n) is 4.13. The van der Waals surface area contributed by atoms with Gasteiger partial charge >= 0.3 is 0 Å². The Kier molecular flexibility index (Phi) is 4.50. The number of aromatic nitrogens is 2. The fourth-order valence-corrected chi connectivity index (χ4v) is 7.07. The van der Waals surface area contributed by atoms with Crippen molar-refractivity contribution in [2.75, 3.05) is 18.6 Å². The van der Waals surface area contributed by atoms with Crippen molar-refractivity contribution in [2.45, 2.75) is 18.2 Å². The van der Waals surface area contributed by atoms with Crippen LogP contribution in [0.4, 0.5) is 0 Å². The number of nitrogens with zero attached hydrogens (tertiary/aromatic N) is 3. The third kappa shape index (κ3) is 3.52. The van der Waals surface area contributed by atoms with Gasteiger partial charge in [0.2, 0.25) is 10.0 Å². The number of hydrogen-bond donors (Lipinski definition) is 0. The zero-order chi connectivity index (χ0) is 17.4. The molecule has 0 bridgehead atoms. The largest absolute Gasteiger partial charge is 0.241 e. The minimum Gasteiger partial charge on any atom is -0.241 e. The molecule has 24 heavy (non-hydrogen) atoms. The first-order chi connectivity index (χ1) is 11.3. The Morgan fingerprint density at radius 2 is 2.12 bits per heavy atom.